The monoisotopic (exact) mass is 175 g/mol. The maximum atomic E-state index is 5.26. The zero-order chi connectivity index (χ0) is 8.55. The van der Waals surface area contributed by atoms with Gasteiger partial charge in [-0.3, -0.25) is 0 Å². The second kappa shape index (κ2) is 2.72. The molecule has 60 valence electrons. The van der Waals surface area contributed by atoms with Crippen molar-refractivity contribution in [3.63, 3.8) is 0 Å². The van der Waals surface area contributed by atoms with Gasteiger partial charge in [0.2, 0.25) is 0 Å². The Morgan fingerprint density at radius 3 is 2.75 bits per heavy atom. The number of nitrogens with zero attached hydrogens (tertiary/aromatic N) is 1. The average Bonchev–Trinajstić information content (AvgIpc) is 2.12. The van der Waals surface area contributed by atoms with E-state index in [1.165, 1.54) is 5.39 Å². The van der Waals surface area contributed by atoms with Crippen LogP contribution < -0.4 is 0 Å². The molecule has 0 unspecified atom stereocenters. The van der Waals surface area contributed by atoms with Crippen LogP contribution in [0.25, 0.3) is 10.8 Å². The van der Waals surface area contributed by atoms with Gasteiger partial charge in [0.15, 0.2) is 0 Å². The van der Waals surface area contributed by atoms with Gasteiger partial charge < -0.3 is 4.57 Å². The Bertz CT molecular complexity index is 470. The van der Waals surface area contributed by atoms with Gasteiger partial charge >= 0.3 is 0 Å². The summed E-state index contributed by atoms with van der Waals surface area (Å²) in [6.07, 6.45) is 1.99. The van der Waals surface area contributed by atoms with Crippen LogP contribution in [0, 0.1) is 4.64 Å². The molecular formula is C10H9NS. The van der Waals surface area contributed by atoms with Crippen molar-refractivity contribution >= 4 is 23.0 Å². The van der Waals surface area contributed by atoms with E-state index in [-0.39, 0.29) is 0 Å². The lowest BCUT2D eigenvalue weighted by Crippen LogP contribution is -1.90. The van der Waals surface area contributed by atoms with Gasteiger partial charge in [-0.1, -0.05) is 36.5 Å². The Hall–Kier alpha value is -1.15. The van der Waals surface area contributed by atoms with Gasteiger partial charge in [-0.25, -0.2) is 0 Å². The van der Waals surface area contributed by atoms with Crippen molar-refractivity contribution in [2.24, 2.45) is 7.05 Å². The van der Waals surface area contributed by atoms with Crippen molar-refractivity contribution in [3.05, 3.63) is 41.2 Å². The molecule has 2 aromatic rings. The van der Waals surface area contributed by atoms with Crippen molar-refractivity contribution in [1.82, 2.24) is 4.57 Å². The lowest BCUT2D eigenvalue weighted by Gasteiger charge is -2.01. The van der Waals surface area contributed by atoms with Gasteiger partial charge in [-0.15, -0.1) is 0 Å². The third-order valence-electron chi connectivity index (χ3n) is 1.99. The lowest BCUT2D eigenvalue weighted by atomic mass is 10.2. The summed E-state index contributed by atoms with van der Waals surface area (Å²) in [7, 11) is 1.97. The van der Waals surface area contributed by atoms with Gasteiger partial charge in [-0.05, 0) is 11.5 Å². The molecule has 12 heavy (non-hydrogen) atoms. The van der Waals surface area contributed by atoms with E-state index in [2.05, 4.69) is 18.2 Å². The summed E-state index contributed by atoms with van der Waals surface area (Å²) < 4.78 is 2.85. The molecule has 0 saturated heterocycles. The summed E-state index contributed by atoms with van der Waals surface area (Å²) in [6, 6.07) is 10.2. The van der Waals surface area contributed by atoms with Crippen LogP contribution in [0.15, 0.2) is 36.5 Å². The second-order valence-corrected chi connectivity index (χ2v) is 3.21. The van der Waals surface area contributed by atoms with Gasteiger partial charge in [0.25, 0.3) is 0 Å². The van der Waals surface area contributed by atoms with Gasteiger partial charge in [-0.2, -0.15) is 0 Å². The summed E-state index contributed by atoms with van der Waals surface area (Å²) in [5, 5.41) is 2.36. The van der Waals surface area contributed by atoms with Gasteiger partial charge in [0, 0.05) is 18.6 Å². The fraction of sp³-hybridized carbons (Fsp3) is 0.100. The number of hydrogen-bond donors (Lipinski definition) is 0. The van der Waals surface area contributed by atoms with Gasteiger partial charge in [0.05, 0.1) is 0 Å². The highest BCUT2D eigenvalue weighted by molar-refractivity contribution is 7.71. The first-order valence-corrected chi connectivity index (χ1v) is 4.24. The van der Waals surface area contributed by atoms with Crippen LogP contribution in [-0.2, 0) is 7.05 Å². The van der Waals surface area contributed by atoms with Crippen molar-refractivity contribution in [2.45, 2.75) is 0 Å². The maximum absolute atomic E-state index is 5.26. The average molecular weight is 175 g/mol. The molecular weight excluding hydrogens is 166 g/mol. The smallest absolute Gasteiger partial charge is 0.113 e. The van der Waals surface area contributed by atoms with Crippen LogP contribution >= 0.6 is 12.2 Å². The predicted molar refractivity (Wildman–Crippen MR) is 53.8 cm³/mol. The highest BCUT2D eigenvalue weighted by Gasteiger charge is 1.93. The van der Waals surface area contributed by atoms with Crippen LogP contribution in [-0.4, -0.2) is 4.57 Å². The van der Waals surface area contributed by atoms with E-state index in [1.54, 1.807) is 0 Å². The Morgan fingerprint density at radius 1 is 1.17 bits per heavy atom. The molecule has 0 atom stereocenters. The van der Waals surface area contributed by atoms with Crippen LogP contribution in [0.1, 0.15) is 0 Å². The lowest BCUT2D eigenvalue weighted by molar-refractivity contribution is 0.899. The zero-order valence-corrected chi connectivity index (χ0v) is 7.64. The Balaban J connectivity index is 3.01. The van der Waals surface area contributed by atoms with E-state index >= 15 is 0 Å². The molecule has 1 aromatic carbocycles. The van der Waals surface area contributed by atoms with E-state index in [1.807, 2.05) is 29.9 Å². The quantitative estimate of drug-likeness (QED) is 0.557. The number of aromatic nitrogens is 1. The number of rotatable bonds is 0. The molecule has 0 fully saturated rings. The third-order valence-corrected chi connectivity index (χ3v) is 2.50. The molecule has 1 heterocycles. The number of pyridine rings is 1. The molecule has 0 radical (unpaired) electrons. The summed E-state index contributed by atoms with van der Waals surface area (Å²) in [5.41, 5.74) is 0. The van der Waals surface area contributed by atoms with Crippen LogP contribution in [0.5, 0.6) is 0 Å². The number of benzene rings is 1. The summed E-state index contributed by atoms with van der Waals surface area (Å²) in [5.74, 6) is 0. The molecule has 0 aliphatic heterocycles. The first-order valence-electron chi connectivity index (χ1n) is 3.83. The molecule has 0 saturated carbocycles. The van der Waals surface area contributed by atoms with Crippen LogP contribution in [0.3, 0.4) is 0 Å². The number of aryl methyl sites for hydroxylation is 1. The molecule has 0 bridgehead atoms. The minimum absolute atomic E-state index is 0.896. The first-order chi connectivity index (χ1) is 5.79. The SMILES string of the molecule is Cn1ccc2ccccc2c1=S. The first kappa shape index (κ1) is 7.50. The molecule has 0 spiro atoms. The molecule has 0 aliphatic carbocycles. The molecule has 0 aliphatic rings. The predicted octanol–water partition coefficient (Wildman–Crippen LogP) is 2.91. The zero-order valence-electron chi connectivity index (χ0n) is 6.82. The standard InChI is InChI=1S/C10H9NS/c1-11-7-6-8-4-2-3-5-9(8)10(11)12/h2-7H,1H3. The van der Waals surface area contributed by atoms with Crippen molar-refractivity contribution < 1.29 is 0 Å². The van der Waals surface area contributed by atoms with Crippen LogP contribution in [0.4, 0.5) is 0 Å². The molecule has 0 amide bonds. The Morgan fingerprint density at radius 2 is 1.92 bits per heavy atom. The highest BCUT2D eigenvalue weighted by Crippen LogP contribution is 2.13. The van der Waals surface area contributed by atoms with Crippen molar-refractivity contribution in [3.8, 4) is 0 Å². The number of fused-ring (bicyclic) bond motifs is 1. The topological polar surface area (TPSA) is 4.93 Å². The molecule has 2 rings (SSSR count). The Labute approximate surface area is 76.3 Å². The van der Waals surface area contributed by atoms with Crippen molar-refractivity contribution in [1.29, 1.82) is 0 Å². The van der Waals surface area contributed by atoms with E-state index in [0.29, 0.717) is 0 Å². The molecule has 1 aromatic heterocycles. The fourth-order valence-electron chi connectivity index (χ4n) is 1.29. The number of hydrogen-bond acceptors (Lipinski definition) is 1. The fourth-order valence-corrected chi connectivity index (χ4v) is 1.53. The van der Waals surface area contributed by atoms with E-state index in [4.69, 9.17) is 12.2 Å². The third kappa shape index (κ3) is 1.04. The molecule has 2 heteroatoms. The summed E-state index contributed by atoms with van der Waals surface area (Å²) in [4.78, 5) is 0. The second-order valence-electron chi connectivity index (χ2n) is 2.82. The summed E-state index contributed by atoms with van der Waals surface area (Å²) in [6.45, 7) is 0. The summed E-state index contributed by atoms with van der Waals surface area (Å²) >= 11 is 5.26. The minimum atomic E-state index is 0.896. The van der Waals surface area contributed by atoms with Gasteiger partial charge in [0.1, 0.15) is 4.64 Å². The highest BCUT2D eigenvalue weighted by atomic mass is 32.1. The van der Waals surface area contributed by atoms with E-state index in [0.717, 1.165) is 10.0 Å². The van der Waals surface area contributed by atoms with E-state index < -0.39 is 0 Å². The molecule has 0 N–H and O–H groups in total. The van der Waals surface area contributed by atoms with Crippen molar-refractivity contribution in [2.75, 3.05) is 0 Å². The largest absolute Gasteiger partial charge is 0.342 e. The van der Waals surface area contributed by atoms with Crippen LogP contribution in [0.2, 0.25) is 0 Å². The minimum Gasteiger partial charge on any atom is -0.342 e. The molecule has 1 nitrogen and oxygen atoms in total. The normalized spacial score (nSPS) is 10.4. The Kier molecular flexibility index (Phi) is 1.70. The van der Waals surface area contributed by atoms with E-state index in [9.17, 15) is 0 Å². The maximum Gasteiger partial charge on any atom is 0.113 e.